The lowest BCUT2D eigenvalue weighted by Gasteiger charge is -2.30. The molecule has 296 valence electrons. The summed E-state index contributed by atoms with van der Waals surface area (Å²) < 4.78 is 9.21. The number of anilines is 3. The highest BCUT2D eigenvalue weighted by Crippen LogP contribution is 2.49. The van der Waals surface area contributed by atoms with E-state index in [0.717, 1.165) is 66.8 Å². The third-order valence-corrected chi connectivity index (χ3v) is 13.4. The first-order valence-corrected chi connectivity index (χ1v) is 22.2. The predicted octanol–water partition coefficient (Wildman–Crippen LogP) is 17.8. The fourth-order valence-corrected chi connectivity index (χ4v) is 10.6. The van der Waals surface area contributed by atoms with E-state index < -0.39 is 0 Å². The molecule has 0 atom stereocenters. The van der Waals surface area contributed by atoms with Gasteiger partial charge in [0.25, 0.3) is 0 Å². The van der Waals surface area contributed by atoms with Gasteiger partial charge in [-0.25, -0.2) is 0 Å². The van der Waals surface area contributed by atoms with Gasteiger partial charge >= 0.3 is 0 Å². The van der Waals surface area contributed by atoms with Gasteiger partial charge in [0.15, 0.2) is 0 Å². The summed E-state index contributed by atoms with van der Waals surface area (Å²) in [6.45, 7) is 0. The normalized spacial score (nSPS) is 11.5. The van der Waals surface area contributed by atoms with Gasteiger partial charge in [-0.15, -0.1) is 11.3 Å². The van der Waals surface area contributed by atoms with Crippen LogP contribution in [0.25, 0.3) is 97.7 Å². The van der Waals surface area contributed by atoms with Gasteiger partial charge in [-0.1, -0.05) is 188 Å². The quantitative estimate of drug-likeness (QED) is 0.152. The summed E-state index contributed by atoms with van der Waals surface area (Å²) in [5, 5.41) is 4.85. The van der Waals surface area contributed by atoms with Crippen LogP contribution in [0.3, 0.4) is 0 Å². The molecule has 63 heavy (non-hydrogen) atoms. The SMILES string of the molecule is c1ccc(-c2ccccc2-c2c(-c3ccccc3)cccc2N(c2ccc(-c3cccc4sc5ccccc5c34)cc2)c2cccc(-c3cccc4c3oc3ccccc34)c2)cc1. The first kappa shape index (κ1) is 36.8. The lowest BCUT2D eigenvalue weighted by atomic mass is 9.87. The first-order chi connectivity index (χ1) is 31.3. The Morgan fingerprint density at radius 1 is 0.333 bits per heavy atom. The van der Waals surface area contributed by atoms with Gasteiger partial charge in [-0.3, -0.25) is 0 Å². The first-order valence-electron chi connectivity index (χ1n) is 21.4. The second kappa shape index (κ2) is 15.5. The Kier molecular flexibility index (Phi) is 9.06. The van der Waals surface area contributed by atoms with Crippen molar-refractivity contribution in [2.45, 2.75) is 0 Å². The summed E-state index contributed by atoms with van der Waals surface area (Å²) >= 11 is 1.86. The topological polar surface area (TPSA) is 16.4 Å². The van der Waals surface area contributed by atoms with Crippen molar-refractivity contribution < 1.29 is 4.42 Å². The van der Waals surface area contributed by atoms with Crippen LogP contribution in [0.5, 0.6) is 0 Å². The number of rotatable bonds is 8. The summed E-state index contributed by atoms with van der Waals surface area (Å²) in [7, 11) is 0. The van der Waals surface area contributed by atoms with Gasteiger partial charge in [0.1, 0.15) is 11.2 Å². The third-order valence-electron chi connectivity index (χ3n) is 12.3. The van der Waals surface area contributed by atoms with E-state index in [4.69, 9.17) is 4.42 Å². The van der Waals surface area contributed by atoms with Gasteiger partial charge < -0.3 is 9.32 Å². The van der Waals surface area contributed by atoms with Gasteiger partial charge in [0.05, 0.1) is 5.69 Å². The minimum atomic E-state index is 0.892. The molecule has 0 aliphatic rings. The maximum Gasteiger partial charge on any atom is 0.143 e. The molecule has 0 amide bonds. The van der Waals surface area contributed by atoms with Gasteiger partial charge in [-0.05, 0) is 93.0 Å². The molecule has 0 N–H and O–H groups in total. The number of para-hydroxylation sites is 2. The number of hydrogen-bond acceptors (Lipinski definition) is 3. The number of fused-ring (bicyclic) bond motifs is 6. The van der Waals surface area contributed by atoms with Crippen molar-refractivity contribution in [3.8, 4) is 55.6 Å². The molecular formula is C60H39NOS. The Labute approximate surface area is 370 Å². The highest BCUT2D eigenvalue weighted by atomic mass is 32.1. The Morgan fingerprint density at radius 2 is 0.889 bits per heavy atom. The Bertz CT molecular complexity index is 3620. The van der Waals surface area contributed by atoms with E-state index >= 15 is 0 Å². The van der Waals surface area contributed by atoms with Crippen molar-refractivity contribution in [2.24, 2.45) is 0 Å². The van der Waals surface area contributed by atoms with E-state index in [1.807, 2.05) is 17.4 Å². The molecule has 0 bridgehead atoms. The Hall–Kier alpha value is -7.98. The molecule has 0 saturated carbocycles. The van der Waals surface area contributed by atoms with Crippen LogP contribution in [0.2, 0.25) is 0 Å². The van der Waals surface area contributed by atoms with E-state index in [9.17, 15) is 0 Å². The highest BCUT2D eigenvalue weighted by Gasteiger charge is 2.24. The molecule has 3 heteroatoms. The lowest BCUT2D eigenvalue weighted by molar-refractivity contribution is 0.670. The second-order valence-electron chi connectivity index (χ2n) is 16.0. The highest BCUT2D eigenvalue weighted by molar-refractivity contribution is 7.25. The molecule has 12 rings (SSSR count). The molecule has 2 heterocycles. The smallest absolute Gasteiger partial charge is 0.143 e. The van der Waals surface area contributed by atoms with Crippen LogP contribution in [0.15, 0.2) is 241 Å². The monoisotopic (exact) mass is 821 g/mol. The Balaban J connectivity index is 1.10. The van der Waals surface area contributed by atoms with Gasteiger partial charge in [-0.2, -0.15) is 0 Å². The van der Waals surface area contributed by atoms with Crippen LogP contribution in [0.1, 0.15) is 0 Å². The third kappa shape index (κ3) is 6.41. The average Bonchev–Trinajstić information content (AvgIpc) is 3.94. The number of hydrogen-bond donors (Lipinski definition) is 0. The van der Waals surface area contributed by atoms with Gasteiger partial charge in [0, 0.05) is 53.4 Å². The lowest BCUT2D eigenvalue weighted by Crippen LogP contribution is -2.12. The second-order valence-corrected chi connectivity index (χ2v) is 17.1. The standard InChI is InChI=1S/C60H39NOS/c1-3-17-40(18-4-1)46-23-7-8-25-51(46)58-47(41-19-5-2-6-20-41)27-15-31-54(58)61(44-37-35-42(36-38-44)48-28-16-34-57-59(48)53-26-10-12-33-56(53)63-57)45-22-13-21-43(39-45)49-29-14-30-52-50-24-9-11-32-55(50)62-60(49)52/h1-39H. The number of nitrogens with zero attached hydrogens (tertiary/aromatic N) is 1. The van der Waals surface area contributed by atoms with E-state index in [-0.39, 0.29) is 0 Å². The fourth-order valence-electron chi connectivity index (χ4n) is 9.46. The maximum atomic E-state index is 6.60. The molecule has 0 aliphatic heterocycles. The predicted molar refractivity (Wildman–Crippen MR) is 268 cm³/mol. The minimum Gasteiger partial charge on any atom is -0.455 e. The number of benzene rings is 10. The Morgan fingerprint density at radius 3 is 1.71 bits per heavy atom. The van der Waals surface area contributed by atoms with Crippen molar-refractivity contribution in [2.75, 3.05) is 4.90 Å². The molecular weight excluding hydrogens is 783 g/mol. The molecule has 0 saturated heterocycles. The van der Waals surface area contributed by atoms with E-state index in [0.29, 0.717) is 0 Å². The molecule has 0 radical (unpaired) electrons. The summed E-state index contributed by atoms with van der Waals surface area (Å²) in [4.78, 5) is 2.44. The van der Waals surface area contributed by atoms with Crippen molar-refractivity contribution in [1.29, 1.82) is 0 Å². The van der Waals surface area contributed by atoms with E-state index in [1.165, 1.54) is 48.0 Å². The maximum absolute atomic E-state index is 6.60. The minimum absolute atomic E-state index is 0.892. The average molecular weight is 822 g/mol. The van der Waals surface area contributed by atoms with E-state index in [2.05, 4.69) is 235 Å². The zero-order chi connectivity index (χ0) is 41.7. The molecule has 12 aromatic rings. The molecule has 2 nitrogen and oxygen atoms in total. The van der Waals surface area contributed by atoms with Crippen molar-refractivity contribution in [3.63, 3.8) is 0 Å². The van der Waals surface area contributed by atoms with Crippen molar-refractivity contribution in [3.05, 3.63) is 237 Å². The van der Waals surface area contributed by atoms with Gasteiger partial charge in [0.2, 0.25) is 0 Å². The summed E-state index contributed by atoms with van der Waals surface area (Å²) in [5.41, 5.74) is 16.5. The van der Waals surface area contributed by atoms with E-state index in [1.54, 1.807) is 0 Å². The van der Waals surface area contributed by atoms with Crippen molar-refractivity contribution in [1.82, 2.24) is 0 Å². The van der Waals surface area contributed by atoms with Crippen LogP contribution < -0.4 is 4.90 Å². The molecule has 0 fully saturated rings. The number of furan rings is 1. The number of thiophene rings is 1. The zero-order valence-electron chi connectivity index (χ0n) is 34.3. The van der Waals surface area contributed by atoms with Crippen molar-refractivity contribution >= 4 is 70.5 Å². The largest absolute Gasteiger partial charge is 0.455 e. The van der Waals surface area contributed by atoms with Crippen LogP contribution in [0.4, 0.5) is 17.1 Å². The van der Waals surface area contributed by atoms with Crippen LogP contribution in [0, 0.1) is 0 Å². The molecule has 0 spiro atoms. The molecule has 2 aromatic heterocycles. The van der Waals surface area contributed by atoms with Crippen LogP contribution in [-0.2, 0) is 0 Å². The fraction of sp³-hybridized carbons (Fsp3) is 0. The summed E-state index contributed by atoms with van der Waals surface area (Å²) in [5.74, 6) is 0. The molecule has 0 aliphatic carbocycles. The summed E-state index contributed by atoms with van der Waals surface area (Å²) in [6, 6.07) is 85.4. The van der Waals surface area contributed by atoms with Crippen LogP contribution in [-0.4, -0.2) is 0 Å². The zero-order valence-corrected chi connectivity index (χ0v) is 35.1. The summed E-state index contributed by atoms with van der Waals surface area (Å²) in [6.07, 6.45) is 0. The van der Waals surface area contributed by atoms with Crippen LogP contribution >= 0.6 is 11.3 Å². The molecule has 10 aromatic carbocycles. The molecule has 0 unspecified atom stereocenters.